The Kier molecular flexibility index (Phi) is 13.4. The molecule has 1 aromatic rings. The molecular weight excluding hydrogens is 380 g/mol. The van der Waals surface area contributed by atoms with Crippen LogP contribution < -0.4 is 0 Å². The maximum absolute atomic E-state index is 11.1. The van der Waals surface area contributed by atoms with Crippen molar-refractivity contribution in [2.45, 2.75) is 70.2 Å². The second-order valence-corrected chi connectivity index (χ2v) is 7.32. The van der Waals surface area contributed by atoms with E-state index in [0.717, 1.165) is 36.8 Å². The molecule has 0 saturated carbocycles. The average molecular weight is 417 g/mol. The van der Waals surface area contributed by atoms with Crippen LogP contribution in [0.4, 0.5) is 0 Å². The highest BCUT2D eigenvalue weighted by molar-refractivity contribution is 5.75. The molecule has 0 amide bonds. The Morgan fingerprint density at radius 3 is 2.43 bits per heavy atom. The number of rotatable bonds is 14. The number of aliphatic hydroxyl groups excluding tert-OH is 3. The zero-order valence-corrected chi connectivity index (χ0v) is 18.1. The van der Waals surface area contributed by atoms with Crippen LogP contribution in [-0.2, 0) is 9.53 Å². The minimum atomic E-state index is -1.03. The number of carbonyl (C=O) groups excluding carboxylic acids is 1. The predicted octanol–water partition coefficient (Wildman–Crippen LogP) is 4.19. The smallest absolute Gasteiger partial charge is 0.305 e. The zero-order chi connectivity index (χ0) is 22.2. The number of allylic oxidation sites excluding steroid dienone is 4. The molecule has 1 rings (SSSR count). The Morgan fingerprint density at radius 2 is 1.77 bits per heavy atom. The molecule has 0 saturated heterocycles. The van der Waals surface area contributed by atoms with E-state index >= 15 is 0 Å². The second kappa shape index (κ2) is 15.6. The summed E-state index contributed by atoms with van der Waals surface area (Å²) in [5, 5.41) is 30.3. The molecule has 0 aliphatic heterocycles. The number of unbranched alkanes of at least 4 members (excludes halogenated alkanes) is 2. The lowest BCUT2D eigenvalue weighted by Gasteiger charge is -2.13. The summed E-state index contributed by atoms with van der Waals surface area (Å²) in [6.07, 6.45) is 11.2. The van der Waals surface area contributed by atoms with Gasteiger partial charge in [-0.05, 0) is 30.4 Å². The van der Waals surface area contributed by atoms with Gasteiger partial charge in [0, 0.05) is 6.42 Å². The molecule has 0 bridgehead atoms. The molecular formula is C25H36O5. The molecule has 0 spiro atoms. The molecule has 30 heavy (non-hydrogen) atoms. The van der Waals surface area contributed by atoms with E-state index in [1.54, 1.807) is 12.2 Å². The van der Waals surface area contributed by atoms with Crippen LogP contribution in [0, 0.1) is 0 Å². The topological polar surface area (TPSA) is 87.0 Å². The van der Waals surface area contributed by atoms with Crippen LogP contribution in [0.2, 0.25) is 0 Å². The number of carbonyl (C=O) groups is 1. The van der Waals surface area contributed by atoms with Crippen molar-refractivity contribution in [1.82, 2.24) is 0 Å². The van der Waals surface area contributed by atoms with Gasteiger partial charge >= 0.3 is 5.97 Å². The number of ether oxygens (including phenoxy) is 1. The van der Waals surface area contributed by atoms with E-state index in [1.807, 2.05) is 42.5 Å². The van der Waals surface area contributed by atoms with Crippen LogP contribution in [0.25, 0.3) is 5.57 Å². The largest absolute Gasteiger partial charge is 0.469 e. The minimum absolute atomic E-state index is 0.216. The third-order valence-electron chi connectivity index (χ3n) is 4.80. The molecule has 5 heteroatoms. The summed E-state index contributed by atoms with van der Waals surface area (Å²) in [4.78, 5) is 11.1. The lowest BCUT2D eigenvalue weighted by atomic mass is 10.0. The molecule has 0 aliphatic carbocycles. The summed E-state index contributed by atoms with van der Waals surface area (Å²) in [5.74, 6) is -0.327. The van der Waals surface area contributed by atoms with E-state index in [9.17, 15) is 20.1 Å². The second-order valence-electron chi connectivity index (χ2n) is 7.32. The van der Waals surface area contributed by atoms with Gasteiger partial charge in [-0.3, -0.25) is 4.79 Å². The van der Waals surface area contributed by atoms with Gasteiger partial charge in [-0.2, -0.15) is 0 Å². The van der Waals surface area contributed by atoms with Crippen molar-refractivity contribution in [1.29, 1.82) is 0 Å². The molecule has 3 atom stereocenters. The first kappa shape index (κ1) is 25.8. The van der Waals surface area contributed by atoms with Crippen molar-refractivity contribution in [2.24, 2.45) is 0 Å². The number of methoxy groups -OCH3 is 1. The normalized spacial score (nSPS) is 15.4. The van der Waals surface area contributed by atoms with Gasteiger partial charge < -0.3 is 20.1 Å². The van der Waals surface area contributed by atoms with Crippen molar-refractivity contribution in [3.8, 4) is 0 Å². The summed E-state index contributed by atoms with van der Waals surface area (Å²) in [6.45, 7) is 2.13. The number of hydrogen-bond acceptors (Lipinski definition) is 5. The fraction of sp³-hybridized carbons (Fsp3) is 0.480. The molecule has 5 nitrogen and oxygen atoms in total. The van der Waals surface area contributed by atoms with E-state index in [1.165, 1.54) is 13.2 Å². The van der Waals surface area contributed by atoms with Gasteiger partial charge in [0.05, 0.1) is 25.4 Å². The Labute approximate surface area is 180 Å². The van der Waals surface area contributed by atoms with Crippen LogP contribution >= 0.6 is 0 Å². The molecule has 0 radical (unpaired) electrons. The van der Waals surface area contributed by atoms with Crippen LogP contribution in [0.15, 0.2) is 60.7 Å². The molecule has 0 heterocycles. The summed E-state index contributed by atoms with van der Waals surface area (Å²) in [6, 6.07) is 9.78. The molecule has 0 fully saturated rings. The van der Waals surface area contributed by atoms with Gasteiger partial charge in [-0.1, -0.05) is 86.9 Å². The van der Waals surface area contributed by atoms with E-state index < -0.39 is 18.3 Å². The third kappa shape index (κ3) is 11.1. The summed E-state index contributed by atoms with van der Waals surface area (Å²) in [7, 11) is 1.33. The zero-order valence-electron chi connectivity index (χ0n) is 18.1. The number of benzene rings is 1. The Morgan fingerprint density at radius 1 is 1.03 bits per heavy atom. The summed E-state index contributed by atoms with van der Waals surface area (Å²) in [5.41, 5.74) is 1.89. The van der Waals surface area contributed by atoms with E-state index in [0.29, 0.717) is 12.8 Å². The van der Waals surface area contributed by atoms with Gasteiger partial charge in [0.25, 0.3) is 0 Å². The molecule has 3 N–H and O–H groups in total. The SMILES string of the molecule is CCCCC[C@@H](O)/C=C/C(=C\C=C\[C@@H](O)[C@@H](O)CCCC(=O)OC)c1ccccc1. The highest BCUT2D eigenvalue weighted by Gasteiger charge is 2.13. The van der Waals surface area contributed by atoms with Crippen LogP contribution in [0.3, 0.4) is 0 Å². The van der Waals surface area contributed by atoms with Gasteiger partial charge in [0.1, 0.15) is 0 Å². The Hall–Kier alpha value is -2.21. The first-order chi connectivity index (χ1) is 14.5. The maximum Gasteiger partial charge on any atom is 0.305 e. The average Bonchev–Trinajstić information content (AvgIpc) is 2.76. The van der Waals surface area contributed by atoms with Crippen LogP contribution in [0.5, 0.6) is 0 Å². The van der Waals surface area contributed by atoms with E-state index in [2.05, 4.69) is 11.7 Å². The molecule has 0 unspecified atom stereocenters. The van der Waals surface area contributed by atoms with Crippen molar-refractivity contribution >= 4 is 11.5 Å². The highest BCUT2D eigenvalue weighted by atomic mass is 16.5. The van der Waals surface area contributed by atoms with E-state index in [-0.39, 0.29) is 12.4 Å². The van der Waals surface area contributed by atoms with Gasteiger partial charge in [-0.15, -0.1) is 0 Å². The minimum Gasteiger partial charge on any atom is -0.469 e. The number of aliphatic hydroxyl groups is 3. The van der Waals surface area contributed by atoms with Gasteiger partial charge in [0.15, 0.2) is 0 Å². The standard InChI is InChI=1S/C25H36O5/c1-3-4-6-14-22(26)19-18-21(20-11-7-5-8-12-20)13-9-15-23(27)24(28)16-10-17-25(29)30-2/h5,7-9,11-13,15,18-19,22-24,26-28H,3-4,6,10,14,16-17H2,1-2H3/b15-9+,19-18+,21-13+/t22-,23-,24+/m1/s1. The first-order valence-electron chi connectivity index (χ1n) is 10.7. The molecule has 0 aromatic heterocycles. The monoisotopic (exact) mass is 416 g/mol. The molecule has 166 valence electrons. The fourth-order valence-corrected chi connectivity index (χ4v) is 2.92. The lowest BCUT2D eigenvalue weighted by Crippen LogP contribution is -2.23. The Bertz CT molecular complexity index is 678. The molecule has 1 aromatic carbocycles. The highest BCUT2D eigenvalue weighted by Crippen LogP contribution is 2.17. The Balaban J connectivity index is 2.73. The first-order valence-corrected chi connectivity index (χ1v) is 10.7. The lowest BCUT2D eigenvalue weighted by molar-refractivity contribution is -0.140. The molecule has 0 aliphatic rings. The number of hydrogen-bond donors (Lipinski definition) is 3. The summed E-state index contributed by atoms with van der Waals surface area (Å²) < 4.78 is 4.56. The quantitative estimate of drug-likeness (QED) is 0.240. The predicted molar refractivity (Wildman–Crippen MR) is 121 cm³/mol. The van der Waals surface area contributed by atoms with Crippen molar-refractivity contribution in [3.05, 3.63) is 66.3 Å². The summed E-state index contributed by atoms with van der Waals surface area (Å²) >= 11 is 0. The van der Waals surface area contributed by atoms with Crippen molar-refractivity contribution < 1.29 is 24.9 Å². The van der Waals surface area contributed by atoms with Crippen LogP contribution in [-0.4, -0.2) is 46.7 Å². The third-order valence-corrected chi connectivity index (χ3v) is 4.80. The van der Waals surface area contributed by atoms with Crippen molar-refractivity contribution in [2.75, 3.05) is 7.11 Å². The van der Waals surface area contributed by atoms with E-state index in [4.69, 9.17) is 0 Å². The maximum atomic E-state index is 11.1. The van der Waals surface area contributed by atoms with Crippen LogP contribution in [0.1, 0.15) is 57.4 Å². The number of esters is 1. The van der Waals surface area contributed by atoms with Gasteiger partial charge in [0.2, 0.25) is 0 Å². The fourth-order valence-electron chi connectivity index (χ4n) is 2.92. The van der Waals surface area contributed by atoms with Crippen molar-refractivity contribution in [3.63, 3.8) is 0 Å². The van der Waals surface area contributed by atoms with Gasteiger partial charge in [-0.25, -0.2) is 0 Å².